The number of likely N-dealkylation sites (tertiary alicyclic amines) is 2. The van der Waals surface area contributed by atoms with Crippen molar-refractivity contribution >= 4 is 62.0 Å². The van der Waals surface area contributed by atoms with Gasteiger partial charge in [-0.05, 0) is 100 Å². The van der Waals surface area contributed by atoms with Crippen molar-refractivity contribution in [2.24, 2.45) is 0 Å². The molecule has 9 rings (SSSR count). The van der Waals surface area contributed by atoms with Crippen molar-refractivity contribution in [2.75, 3.05) is 59.2 Å². The Morgan fingerprint density at radius 2 is 0.950 bits per heavy atom. The number of non-ortho nitro benzene ring substituents is 2. The van der Waals surface area contributed by atoms with E-state index in [1.54, 1.807) is 34.1 Å². The minimum Gasteiger partial charge on any atom is -0.453 e. The van der Waals surface area contributed by atoms with Gasteiger partial charge in [-0.3, -0.25) is 20.2 Å². The van der Waals surface area contributed by atoms with Gasteiger partial charge in [0.15, 0.2) is 0 Å². The molecule has 0 aliphatic carbocycles. The van der Waals surface area contributed by atoms with E-state index in [-0.39, 0.29) is 33.4 Å². The summed E-state index contributed by atoms with van der Waals surface area (Å²) in [6.45, 7) is 4.88. The number of methoxy groups -OCH3 is 2. The van der Waals surface area contributed by atoms with E-state index >= 15 is 0 Å². The Labute approximate surface area is 346 Å². The van der Waals surface area contributed by atoms with E-state index in [9.17, 15) is 29.8 Å². The van der Waals surface area contributed by atoms with Gasteiger partial charge in [0.1, 0.15) is 0 Å². The predicted octanol–water partition coefficient (Wildman–Crippen LogP) is 8.05. The van der Waals surface area contributed by atoms with Crippen LogP contribution in [0.4, 0.5) is 26.7 Å². The summed E-state index contributed by atoms with van der Waals surface area (Å²) < 4.78 is 16.2. The number of ether oxygens (including phenoxy) is 2. The molecule has 60 heavy (non-hydrogen) atoms. The molecule has 3 fully saturated rings. The standard InChI is InChI=1S/C15H17N3O4.C15H19N3O2.C13H15N3O2/c1-22-15(19)16-7-5-12(6-8-16)17-9-4-11-10-13(18(20)21)2-3-14(11)17;1-20-15(19)17-7-5-13(6-8-17)18-9-4-11-10-12(16)2-3-14(11)18;17-16(18)12-1-2-13-10(9-12)5-8-15(13)11-3-6-14-7-4-11/h2-4,9-10,12H,5-8H2,1H3;2-4,9-10,13H,5-8,16H2,1H3;1-2,5,8-9,11,14H,3-4,6-7H2. The zero-order valence-corrected chi connectivity index (χ0v) is 33.9. The van der Waals surface area contributed by atoms with Gasteiger partial charge in [-0.15, -0.1) is 0 Å². The second-order valence-corrected chi connectivity index (χ2v) is 15.3. The number of nitro groups is 2. The van der Waals surface area contributed by atoms with Crippen molar-refractivity contribution in [3.63, 3.8) is 0 Å². The topological polar surface area (TPSA) is 198 Å². The lowest BCUT2D eigenvalue weighted by atomic mass is 10.0. The number of carbonyl (C=O) groups is 2. The van der Waals surface area contributed by atoms with Crippen molar-refractivity contribution in [1.82, 2.24) is 28.8 Å². The summed E-state index contributed by atoms with van der Waals surface area (Å²) in [5, 5.41) is 27.9. The summed E-state index contributed by atoms with van der Waals surface area (Å²) >= 11 is 0. The first-order valence-electron chi connectivity index (χ1n) is 20.3. The molecule has 6 heterocycles. The lowest BCUT2D eigenvalue weighted by molar-refractivity contribution is -0.384. The Hall–Kier alpha value is -6.62. The number of piperidine rings is 3. The van der Waals surface area contributed by atoms with E-state index in [1.807, 2.05) is 42.7 Å². The van der Waals surface area contributed by atoms with E-state index < -0.39 is 0 Å². The van der Waals surface area contributed by atoms with Gasteiger partial charge in [0.25, 0.3) is 11.4 Å². The monoisotopic (exact) mass is 821 g/mol. The smallest absolute Gasteiger partial charge is 0.409 e. The second-order valence-electron chi connectivity index (χ2n) is 15.3. The van der Waals surface area contributed by atoms with Gasteiger partial charge in [-0.2, -0.15) is 0 Å². The first kappa shape index (κ1) is 41.5. The van der Waals surface area contributed by atoms with E-state index in [0.29, 0.717) is 31.2 Å². The molecule has 0 bridgehead atoms. The van der Waals surface area contributed by atoms with Gasteiger partial charge in [0.2, 0.25) is 0 Å². The quantitative estimate of drug-likeness (QED) is 0.0975. The van der Waals surface area contributed by atoms with Crippen LogP contribution in [0.3, 0.4) is 0 Å². The number of aromatic nitrogens is 3. The molecule has 3 saturated heterocycles. The third kappa shape index (κ3) is 9.15. The van der Waals surface area contributed by atoms with E-state index in [2.05, 4.69) is 37.3 Å². The molecule has 0 spiro atoms. The first-order chi connectivity index (χ1) is 29.0. The summed E-state index contributed by atoms with van der Waals surface area (Å²) in [7, 11) is 2.82. The maximum atomic E-state index is 11.5. The third-order valence-electron chi connectivity index (χ3n) is 11.9. The lowest BCUT2D eigenvalue weighted by Gasteiger charge is -2.32. The lowest BCUT2D eigenvalue weighted by Crippen LogP contribution is -2.38. The Balaban J connectivity index is 0.000000137. The highest BCUT2D eigenvalue weighted by Gasteiger charge is 2.26. The van der Waals surface area contributed by atoms with Crippen LogP contribution in [-0.4, -0.2) is 99.0 Å². The molecular weight excluding hydrogens is 771 g/mol. The normalized spacial score (nSPS) is 16.5. The van der Waals surface area contributed by atoms with Crippen molar-refractivity contribution in [3.05, 3.63) is 112 Å². The maximum absolute atomic E-state index is 11.5. The minimum atomic E-state index is -0.383. The fourth-order valence-electron chi connectivity index (χ4n) is 8.66. The minimum absolute atomic E-state index is 0.103. The van der Waals surface area contributed by atoms with Crippen LogP contribution < -0.4 is 11.1 Å². The van der Waals surface area contributed by atoms with Crippen LogP contribution in [0.1, 0.15) is 56.7 Å². The van der Waals surface area contributed by atoms with Crippen LogP contribution in [-0.2, 0) is 9.47 Å². The molecule has 2 amide bonds. The first-order valence-corrected chi connectivity index (χ1v) is 20.3. The maximum Gasteiger partial charge on any atom is 0.409 e. The van der Waals surface area contributed by atoms with Gasteiger partial charge >= 0.3 is 12.2 Å². The van der Waals surface area contributed by atoms with Gasteiger partial charge in [-0.25, -0.2) is 9.59 Å². The number of anilines is 1. The molecule has 0 atom stereocenters. The SMILES string of the molecule is COC(=O)N1CCC(n2ccc3cc(N)ccc32)CC1.COC(=O)N1CCC(n2ccc3cc([N+](=O)[O-])ccc32)CC1.O=[N+]([O-])c1ccc2c(ccn2C2CCNCC2)c1. The number of fused-ring (bicyclic) bond motifs is 3. The fourth-order valence-corrected chi connectivity index (χ4v) is 8.66. The van der Waals surface area contributed by atoms with Gasteiger partial charge in [0.05, 0.1) is 24.1 Å². The zero-order valence-electron chi connectivity index (χ0n) is 33.9. The van der Waals surface area contributed by atoms with Gasteiger partial charge in [-0.1, -0.05) is 0 Å². The number of nitrogens with one attached hydrogen (secondary N) is 1. The third-order valence-corrected chi connectivity index (χ3v) is 11.9. The predicted molar refractivity (Wildman–Crippen MR) is 229 cm³/mol. The number of amides is 2. The summed E-state index contributed by atoms with van der Waals surface area (Å²) in [5.74, 6) is 0. The highest BCUT2D eigenvalue weighted by molar-refractivity contribution is 5.84. The number of hydrogen-bond acceptors (Lipinski definition) is 10. The Bertz CT molecular complexity index is 2470. The summed E-state index contributed by atoms with van der Waals surface area (Å²) in [4.78, 5) is 47.3. The average molecular weight is 822 g/mol. The van der Waals surface area contributed by atoms with Crippen LogP contribution >= 0.6 is 0 Å². The van der Waals surface area contributed by atoms with Crippen LogP contribution in [0.5, 0.6) is 0 Å². The van der Waals surface area contributed by atoms with Gasteiger partial charge in [0, 0.05) is 126 Å². The molecule has 316 valence electrons. The number of nitrogen functional groups attached to an aromatic ring is 1. The van der Waals surface area contributed by atoms with Crippen molar-refractivity contribution < 1.29 is 28.9 Å². The van der Waals surface area contributed by atoms with Crippen LogP contribution in [0, 0.1) is 20.2 Å². The largest absolute Gasteiger partial charge is 0.453 e. The molecule has 3 aliphatic rings. The van der Waals surface area contributed by atoms with Crippen LogP contribution in [0.25, 0.3) is 32.7 Å². The highest BCUT2D eigenvalue weighted by Crippen LogP contribution is 2.32. The van der Waals surface area contributed by atoms with E-state index in [4.69, 9.17) is 15.2 Å². The number of carbonyl (C=O) groups excluding carboxylic acids is 2. The van der Waals surface area contributed by atoms with E-state index in [0.717, 1.165) is 92.2 Å². The molecule has 17 nitrogen and oxygen atoms in total. The summed E-state index contributed by atoms with van der Waals surface area (Å²) in [6.07, 6.45) is 11.4. The van der Waals surface area contributed by atoms with Crippen LogP contribution in [0.2, 0.25) is 0 Å². The molecule has 3 aromatic carbocycles. The number of benzene rings is 3. The van der Waals surface area contributed by atoms with Crippen molar-refractivity contribution in [1.29, 1.82) is 0 Å². The van der Waals surface area contributed by atoms with Crippen molar-refractivity contribution in [2.45, 2.75) is 56.7 Å². The molecule has 0 radical (unpaired) electrons. The van der Waals surface area contributed by atoms with Gasteiger partial charge < -0.3 is 44.0 Å². The van der Waals surface area contributed by atoms with Crippen molar-refractivity contribution in [3.8, 4) is 0 Å². The molecule has 3 aliphatic heterocycles. The molecule has 3 aromatic heterocycles. The Morgan fingerprint density at radius 1 is 0.583 bits per heavy atom. The molecule has 0 unspecified atom stereocenters. The molecule has 0 saturated carbocycles. The molecular formula is C43H51N9O8. The molecule has 6 aromatic rings. The molecule has 3 N–H and O–H groups in total. The Morgan fingerprint density at radius 3 is 1.33 bits per heavy atom. The van der Waals surface area contributed by atoms with E-state index in [1.165, 1.54) is 31.2 Å². The highest BCUT2D eigenvalue weighted by atomic mass is 16.6. The number of nitro benzene ring substituents is 2. The number of nitrogens with two attached hydrogens (primary N) is 1. The fraction of sp³-hybridized carbons (Fsp3) is 0.395. The second kappa shape index (κ2) is 18.5. The number of rotatable bonds is 5. The summed E-state index contributed by atoms with van der Waals surface area (Å²) in [5.41, 5.74) is 10.1. The zero-order chi connectivity index (χ0) is 42.3. The number of hydrogen-bond donors (Lipinski definition) is 2. The Kier molecular flexibility index (Phi) is 12.8. The van der Waals surface area contributed by atoms with Crippen LogP contribution in [0.15, 0.2) is 91.4 Å². The summed E-state index contributed by atoms with van der Waals surface area (Å²) in [6, 6.07) is 23.2. The number of nitrogens with zero attached hydrogens (tertiary/aromatic N) is 7. The average Bonchev–Trinajstić information content (AvgIpc) is 4.03. The molecule has 17 heteroatoms.